The van der Waals surface area contributed by atoms with Crippen LogP contribution in [-0.4, -0.2) is 11.0 Å². The number of hydrogen-bond donors (Lipinski definition) is 0. The molecule has 0 aromatic heterocycles. The average Bonchev–Trinajstić information content (AvgIpc) is 0.811. The van der Waals surface area contributed by atoms with Crippen LogP contribution in [0, 0.1) is 0 Å². The average molecular weight is 331 g/mol. The molecule has 0 unspecified atom stereocenters. The fraction of sp³-hybridized carbons (Fsp3) is 0. The molecule has 0 saturated heterocycles. The first-order chi connectivity index (χ1) is 1.73. The molecule has 0 aromatic carbocycles. The topological polar surface area (TPSA) is 63.0 Å². The number of halogens is 3. The van der Waals surface area contributed by atoms with E-state index in [0.717, 1.165) is 0 Å². The second-order valence-electron chi connectivity index (χ2n) is 0.162. The van der Waals surface area contributed by atoms with Gasteiger partial charge in [0, 0.05) is 0 Å². The van der Waals surface area contributed by atoms with Gasteiger partial charge in [-0.2, -0.15) is 0 Å². The summed E-state index contributed by atoms with van der Waals surface area (Å²) in [6.07, 6.45) is 0. The molecule has 0 rings (SSSR count). The quantitative estimate of drug-likeness (QED) is 0.592. The van der Waals surface area contributed by atoms with Gasteiger partial charge in [0.2, 0.25) is 0 Å². The molecule has 0 bridgehead atoms. The Morgan fingerprint density at radius 2 is 0.833 bits per heavy atom. The molecule has 0 heterocycles. The third-order valence-corrected chi connectivity index (χ3v) is 0. The maximum atomic E-state index is 3.21. The predicted molar refractivity (Wildman–Crippen MR) is 34.0 cm³/mol. The van der Waals surface area contributed by atoms with E-state index in [1.54, 1.807) is 0 Å². The Labute approximate surface area is 61.3 Å². The summed E-state index contributed by atoms with van der Waals surface area (Å²) in [5, 5.41) is 0. The summed E-state index contributed by atoms with van der Waals surface area (Å²) < 4.78 is 0. The summed E-state index contributed by atoms with van der Waals surface area (Å²) in [4.78, 5) is 0. The summed E-state index contributed by atoms with van der Waals surface area (Å²) in [7, 11) is -0.458. The van der Waals surface area contributed by atoms with Crippen molar-refractivity contribution < 1.29 is 19.4 Å². The normalized spacial score (nSPS) is 7.50. The van der Waals surface area contributed by atoms with Gasteiger partial charge in [-0.1, -0.05) is 0 Å². The van der Waals surface area contributed by atoms with Gasteiger partial charge >= 0.3 is 50.8 Å². The van der Waals surface area contributed by atoms with E-state index in [9.17, 15) is 0 Å². The van der Waals surface area contributed by atoms with Gasteiger partial charge in [-0.15, -0.1) is 0 Å². The van der Waals surface area contributed by atoms with Gasteiger partial charge in [-0.05, 0) is 0 Å². The molecule has 0 aliphatic rings. The molecule has 2 nitrogen and oxygen atoms in total. The SMILES string of the molecule is O.O.[Br][Mn]([Br])[Br]. The van der Waals surface area contributed by atoms with Crippen molar-refractivity contribution in [1.82, 2.24) is 0 Å². The molecule has 6 heavy (non-hydrogen) atoms. The standard InChI is InChI=1S/3BrH.Mn.2H2O/h3*1H;;2*1H2/q;;;+3;;/p-3. The van der Waals surface area contributed by atoms with Crippen LogP contribution < -0.4 is 0 Å². The van der Waals surface area contributed by atoms with Crippen LogP contribution in [0.25, 0.3) is 0 Å². The molecule has 0 aromatic rings. The van der Waals surface area contributed by atoms with E-state index in [4.69, 9.17) is 0 Å². The Morgan fingerprint density at radius 1 is 0.833 bits per heavy atom. The Kier molecular flexibility index (Phi) is 26.1. The van der Waals surface area contributed by atoms with Crippen molar-refractivity contribution in [2.75, 3.05) is 0 Å². The Balaban J connectivity index is -0.0000000450. The van der Waals surface area contributed by atoms with Gasteiger partial charge < -0.3 is 11.0 Å². The minimum absolute atomic E-state index is 0. The van der Waals surface area contributed by atoms with E-state index in [2.05, 4.69) is 42.3 Å². The van der Waals surface area contributed by atoms with Gasteiger partial charge in [-0.3, -0.25) is 0 Å². The van der Waals surface area contributed by atoms with Crippen molar-refractivity contribution in [2.45, 2.75) is 0 Å². The molecule has 0 atom stereocenters. The van der Waals surface area contributed by atoms with Gasteiger partial charge in [0.25, 0.3) is 0 Å². The minimum atomic E-state index is -0.458. The zero-order chi connectivity index (χ0) is 3.58. The first-order valence-electron chi connectivity index (χ1n) is 0.429. The van der Waals surface area contributed by atoms with Crippen LogP contribution in [0.3, 0.4) is 0 Å². The van der Waals surface area contributed by atoms with Crippen LogP contribution in [0.15, 0.2) is 0 Å². The van der Waals surface area contributed by atoms with Gasteiger partial charge in [-0.25, -0.2) is 0 Å². The van der Waals surface area contributed by atoms with Crippen LogP contribution in [0.4, 0.5) is 0 Å². The van der Waals surface area contributed by atoms with Gasteiger partial charge in [0.1, 0.15) is 0 Å². The molecule has 0 aliphatic heterocycles. The molecule has 0 amide bonds. The van der Waals surface area contributed by atoms with Crippen LogP contribution in [0.1, 0.15) is 0 Å². The maximum absolute atomic E-state index is 3.21. The van der Waals surface area contributed by atoms with Crippen molar-refractivity contribution in [3.05, 3.63) is 0 Å². The van der Waals surface area contributed by atoms with E-state index in [1.165, 1.54) is 0 Å². The second kappa shape index (κ2) is 9.99. The van der Waals surface area contributed by atoms with Crippen LogP contribution in [0.5, 0.6) is 0 Å². The monoisotopic (exact) mass is 328 g/mol. The van der Waals surface area contributed by atoms with Crippen LogP contribution in [0.2, 0.25) is 0 Å². The van der Waals surface area contributed by atoms with E-state index < -0.39 is 8.48 Å². The Morgan fingerprint density at radius 3 is 0.833 bits per heavy atom. The van der Waals surface area contributed by atoms with Crippen molar-refractivity contribution in [2.24, 2.45) is 0 Å². The van der Waals surface area contributed by atoms with Crippen LogP contribution >= 0.6 is 42.3 Å². The summed E-state index contributed by atoms with van der Waals surface area (Å²) in [6.45, 7) is 0. The van der Waals surface area contributed by atoms with Crippen molar-refractivity contribution >= 4 is 42.3 Å². The van der Waals surface area contributed by atoms with Crippen molar-refractivity contribution in [1.29, 1.82) is 0 Å². The third-order valence-electron chi connectivity index (χ3n) is 0. The third kappa shape index (κ3) is 39.6. The summed E-state index contributed by atoms with van der Waals surface area (Å²) in [5.41, 5.74) is 0. The van der Waals surface area contributed by atoms with Crippen LogP contribution in [-0.2, 0) is 8.48 Å². The molecule has 44 valence electrons. The van der Waals surface area contributed by atoms with E-state index in [-0.39, 0.29) is 11.0 Å². The predicted octanol–water partition coefficient (Wildman–Crippen LogP) is 0.885. The summed E-state index contributed by atoms with van der Waals surface area (Å²) in [6, 6.07) is 0. The molecule has 6 heteroatoms. The van der Waals surface area contributed by atoms with Gasteiger partial charge in [0.05, 0.1) is 0 Å². The summed E-state index contributed by atoms with van der Waals surface area (Å²) in [5.74, 6) is 0. The Hall–Kier alpha value is 1.88. The first-order valence-corrected chi connectivity index (χ1v) is 9.18. The van der Waals surface area contributed by atoms with E-state index in [1.807, 2.05) is 0 Å². The Bertz CT molecular complexity index is 13.5. The first kappa shape index (κ1) is 15.7. The number of rotatable bonds is 0. The molecular formula is H4Br3MnO2. The van der Waals surface area contributed by atoms with E-state index >= 15 is 0 Å². The van der Waals surface area contributed by atoms with Gasteiger partial charge in [0.15, 0.2) is 0 Å². The van der Waals surface area contributed by atoms with Crippen molar-refractivity contribution in [3.8, 4) is 0 Å². The summed E-state index contributed by atoms with van der Waals surface area (Å²) >= 11 is 9.62. The molecule has 0 radical (unpaired) electrons. The van der Waals surface area contributed by atoms with E-state index in [0.29, 0.717) is 0 Å². The molecule has 0 saturated carbocycles. The molecule has 4 N–H and O–H groups in total. The second-order valence-corrected chi connectivity index (χ2v) is 18.0. The zero-order valence-corrected chi connectivity index (χ0v) is 8.45. The molecule has 0 fully saturated rings. The zero-order valence-electron chi connectivity index (χ0n) is 2.51. The number of hydrogen-bond acceptors (Lipinski definition) is 0. The molecule has 0 aliphatic carbocycles. The van der Waals surface area contributed by atoms with Crippen molar-refractivity contribution in [3.63, 3.8) is 0 Å². The fourth-order valence-corrected chi connectivity index (χ4v) is 0. The fourth-order valence-electron chi connectivity index (χ4n) is 0. The molecular weight excluding hydrogens is 327 g/mol. The molecule has 0 spiro atoms.